The molecule has 1 N–H and O–H groups in total. The highest BCUT2D eigenvalue weighted by Crippen LogP contribution is 2.31. The van der Waals surface area contributed by atoms with Crippen LogP contribution in [-0.4, -0.2) is 5.11 Å². The van der Waals surface area contributed by atoms with Crippen LogP contribution < -0.4 is 0 Å². The van der Waals surface area contributed by atoms with Crippen LogP contribution in [0.15, 0.2) is 18.2 Å². The van der Waals surface area contributed by atoms with Crippen LogP contribution >= 0.6 is 23.2 Å². The van der Waals surface area contributed by atoms with Crippen LogP contribution in [0.2, 0.25) is 10.0 Å². The maximum Gasteiger partial charge on any atom is 0.0804 e. The topological polar surface area (TPSA) is 20.2 Å². The minimum atomic E-state index is -0.510. The second kappa shape index (κ2) is 5.39. The Morgan fingerprint density at radius 1 is 1.25 bits per heavy atom. The largest absolute Gasteiger partial charge is 0.388 e. The molecular weight excluding hydrogens is 243 g/mol. The molecule has 0 saturated heterocycles. The molecule has 0 aliphatic carbocycles. The molecule has 0 bridgehead atoms. The molecule has 16 heavy (non-hydrogen) atoms. The highest BCUT2D eigenvalue weighted by atomic mass is 35.5. The number of rotatable bonds is 3. The monoisotopic (exact) mass is 260 g/mol. The average Bonchev–Trinajstić information content (AvgIpc) is 2.13. The zero-order valence-electron chi connectivity index (χ0n) is 9.93. The average molecular weight is 261 g/mol. The molecule has 1 aromatic rings. The van der Waals surface area contributed by atoms with Gasteiger partial charge in [0.2, 0.25) is 0 Å². The Kier molecular flexibility index (Phi) is 4.66. The molecule has 0 spiro atoms. The van der Waals surface area contributed by atoms with Crippen molar-refractivity contribution < 1.29 is 5.11 Å². The maximum atomic E-state index is 10.0. The van der Waals surface area contributed by atoms with Gasteiger partial charge in [-0.1, -0.05) is 50.0 Å². The summed E-state index contributed by atoms with van der Waals surface area (Å²) in [7, 11) is 0. The van der Waals surface area contributed by atoms with Gasteiger partial charge in [-0.05, 0) is 36.0 Å². The Balaban J connectivity index is 2.70. The van der Waals surface area contributed by atoms with E-state index >= 15 is 0 Å². The number of hydrogen-bond donors (Lipinski definition) is 1. The Morgan fingerprint density at radius 3 is 2.38 bits per heavy atom. The van der Waals surface area contributed by atoms with E-state index in [2.05, 4.69) is 20.8 Å². The van der Waals surface area contributed by atoms with Gasteiger partial charge in [0.15, 0.2) is 0 Å². The van der Waals surface area contributed by atoms with Crippen LogP contribution in [-0.2, 0) is 0 Å². The molecule has 0 radical (unpaired) electrons. The van der Waals surface area contributed by atoms with Gasteiger partial charge in [-0.25, -0.2) is 0 Å². The fourth-order valence-electron chi connectivity index (χ4n) is 1.50. The summed E-state index contributed by atoms with van der Waals surface area (Å²) in [5, 5.41) is 11.2. The lowest BCUT2D eigenvalue weighted by Gasteiger charge is -2.21. The lowest BCUT2D eigenvalue weighted by atomic mass is 9.88. The highest BCUT2D eigenvalue weighted by molar-refractivity contribution is 6.35. The van der Waals surface area contributed by atoms with E-state index in [1.165, 1.54) is 0 Å². The molecule has 1 nitrogen and oxygen atoms in total. The van der Waals surface area contributed by atoms with E-state index in [1.54, 1.807) is 18.2 Å². The normalized spacial score (nSPS) is 13.9. The molecule has 1 atom stereocenters. The molecule has 90 valence electrons. The molecule has 3 heteroatoms. The maximum absolute atomic E-state index is 10.0. The summed E-state index contributed by atoms with van der Waals surface area (Å²) < 4.78 is 0. The number of halogens is 2. The Morgan fingerprint density at radius 2 is 1.88 bits per heavy atom. The van der Waals surface area contributed by atoms with E-state index in [4.69, 9.17) is 23.2 Å². The summed E-state index contributed by atoms with van der Waals surface area (Å²) in [5.74, 6) is 0. The first kappa shape index (κ1) is 13.8. The van der Waals surface area contributed by atoms with Crippen LogP contribution in [0.3, 0.4) is 0 Å². The van der Waals surface area contributed by atoms with Gasteiger partial charge in [-0.15, -0.1) is 0 Å². The van der Waals surface area contributed by atoms with Gasteiger partial charge >= 0.3 is 0 Å². The molecule has 1 aromatic carbocycles. The third-order valence-corrected chi connectivity index (χ3v) is 3.05. The first-order chi connectivity index (χ1) is 7.29. The smallest absolute Gasteiger partial charge is 0.0804 e. The molecule has 0 heterocycles. The van der Waals surface area contributed by atoms with Crippen molar-refractivity contribution in [1.82, 2.24) is 0 Å². The number of hydrogen-bond acceptors (Lipinski definition) is 1. The zero-order valence-corrected chi connectivity index (χ0v) is 11.4. The summed E-state index contributed by atoms with van der Waals surface area (Å²) in [5.41, 5.74) is 0.982. The molecule has 0 amide bonds. The van der Waals surface area contributed by atoms with E-state index in [0.717, 1.165) is 12.0 Å². The molecular formula is C13H18Cl2O. The van der Waals surface area contributed by atoms with Gasteiger partial charge < -0.3 is 5.11 Å². The standard InChI is InChI=1S/C13H18Cl2O/c1-13(2,3)7-6-12(16)10-5-4-9(14)8-11(10)15/h4-5,8,12,16H,6-7H2,1-3H3. The minimum absolute atomic E-state index is 0.222. The van der Waals surface area contributed by atoms with Crippen molar-refractivity contribution in [3.8, 4) is 0 Å². The van der Waals surface area contributed by atoms with Crippen LogP contribution in [0.1, 0.15) is 45.3 Å². The SMILES string of the molecule is CC(C)(C)CCC(O)c1ccc(Cl)cc1Cl. The molecule has 1 unspecified atom stereocenters. The lowest BCUT2D eigenvalue weighted by molar-refractivity contribution is 0.147. The van der Waals surface area contributed by atoms with Gasteiger partial charge in [-0.3, -0.25) is 0 Å². The third-order valence-electron chi connectivity index (χ3n) is 2.49. The fraction of sp³-hybridized carbons (Fsp3) is 0.538. The van der Waals surface area contributed by atoms with E-state index in [0.29, 0.717) is 16.5 Å². The van der Waals surface area contributed by atoms with Gasteiger partial charge in [0.05, 0.1) is 6.10 Å². The first-order valence-electron chi connectivity index (χ1n) is 5.42. The van der Waals surface area contributed by atoms with E-state index in [9.17, 15) is 5.11 Å². The summed E-state index contributed by atoms with van der Waals surface area (Å²) >= 11 is 11.8. The minimum Gasteiger partial charge on any atom is -0.388 e. The molecule has 0 saturated carbocycles. The Bertz CT molecular complexity index is 355. The molecule has 0 fully saturated rings. The van der Waals surface area contributed by atoms with Crippen LogP contribution in [0, 0.1) is 5.41 Å². The van der Waals surface area contributed by atoms with E-state index in [-0.39, 0.29) is 5.41 Å². The Labute approximate surface area is 107 Å². The van der Waals surface area contributed by atoms with E-state index < -0.39 is 6.10 Å². The van der Waals surface area contributed by atoms with Crippen molar-refractivity contribution in [3.63, 3.8) is 0 Å². The predicted octanol–water partition coefficient (Wildman–Crippen LogP) is 4.85. The number of benzene rings is 1. The van der Waals surface area contributed by atoms with Crippen molar-refractivity contribution in [2.75, 3.05) is 0 Å². The summed E-state index contributed by atoms with van der Waals surface area (Å²) in [6.07, 6.45) is 1.15. The predicted molar refractivity (Wildman–Crippen MR) is 70.1 cm³/mol. The van der Waals surface area contributed by atoms with E-state index in [1.807, 2.05) is 0 Å². The van der Waals surface area contributed by atoms with Gasteiger partial charge in [0.1, 0.15) is 0 Å². The second-order valence-electron chi connectivity index (χ2n) is 5.28. The second-order valence-corrected chi connectivity index (χ2v) is 6.12. The van der Waals surface area contributed by atoms with Crippen molar-refractivity contribution in [2.45, 2.75) is 39.7 Å². The van der Waals surface area contributed by atoms with Crippen LogP contribution in [0.4, 0.5) is 0 Å². The van der Waals surface area contributed by atoms with Crippen molar-refractivity contribution in [3.05, 3.63) is 33.8 Å². The highest BCUT2D eigenvalue weighted by Gasteiger charge is 2.16. The number of aliphatic hydroxyl groups is 1. The molecule has 0 aliphatic rings. The molecule has 0 aliphatic heterocycles. The van der Waals surface area contributed by atoms with Crippen molar-refractivity contribution >= 4 is 23.2 Å². The Hall–Kier alpha value is -0.240. The number of aliphatic hydroxyl groups excluding tert-OH is 1. The van der Waals surface area contributed by atoms with Gasteiger partial charge in [0.25, 0.3) is 0 Å². The summed E-state index contributed by atoms with van der Waals surface area (Å²) in [6, 6.07) is 5.21. The van der Waals surface area contributed by atoms with Crippen molar-refractivity contribution in [1.29, 1.82) is 0 Å². The zero-order chi connectivity index (χ0) is 12.3. The van der Waals surface area contributed by atoms with Crippen molar-refractivity contribution in [2.24, 2.45) is 5.41 Å². The van der Waals surface area contributed by atoms with Gasteiger partial charge in [0, 0.05) is 10.0 Å². The summed E-state index contributed by atoms with van der Waals surface area (Å²) in [6.45, 7) is 6.47. The summed E-state index contributed by atoms with van der Waals surface area (Å²) in [4.78, 5) is 0. The molecule has 0 aromatic heterocycles. The fourth-order valence-corrected chi connectivity index (χ4v) is 2.03. The lowest BCUT2D eigenvalue weighted by Crippen LogP contribution is -2.08. The van der Waals surface area contributed by atoms with Gasteiger partial charge in [-0.2, -0.15) is 0 Å². The third kappa shape index (κ3) is 4.32. The van der Waals surface area contributed by atoms with Crippen LogP contribution in [0.25, 0.3) is 0 Å². The first-order valence-corrected chi connectivity index (χ1v) is 6.18. The molecule has 1 rings (SSSR count). The van der Waals surface area contributed by atoms with Crippen LogP contribution in [0.5, 0.6) is 0 Å². The quantitative estimate of drug-likeness (QED) is 0.824.